The fourth-order valence-corrected chi connectivity index (χ4v) is 4.00. The number of hydrogen-bond acceptors (Lipinski definition) is 10. The van der Waals surface area contributed by atoms with Gasteiger partial charge in [-0.3, -0.25) is 19.7 Å². The van der Waals surface area contributed by atoms with E-state index in [4.69, 9.17) is 19.9 Å². The summed E-state index contributed by atoms with van der Waals surface area (Å²) in [7, 11) is 0. The lowest BCUT2D eigenvalue weighted by molar-refractivity contribution is -0.384. The fourth-order valence-electron chi connectivity index (χ4n) is 4.00. The monoisotopic (exact) mass is 584 g/mol. The van der Waals surface area contributed by atoms with Crippen LogP contribution in [0.25, 0.3) is 0 Å². The highest BCUT2D eigenvalue weighted by atomic mass is 16.6. The van der Waals surface area contributed by atoms with E-state index in [0.29, 0.717) is 17.5 Å². The Morgan fingerprint density at radius 2 is 1.45 bits per heavy atom. The van der Waals surface area contributed by atoms with E-state index in [0.717, 1.165) is 19.3 Å². The standard InChI is InChI=1S/C31H40N2O9/c1-5-6-7-11-14-25(27(35)40-20-23-15-17-24(18-16-23)33(38)39)26(34)19-31(32,29(37)42-30(2,3)4)28(36)41-21-22-12-9-8-10-13-22/h8-10,12-13,15-18,25H,5-7,11,14,19-21,32H2,1-4H3/t25?,31-/m0/s1. The van der Waals surface area contributed by atoms with Crippen LogP contribution in [0.2, 0.25) is 0 Å². The van der Waals surface area contributed by atoms with Crippen LogP contribution in [0, 0.1) is 16.0 Å². The Kier molecular flexibility index (Phi) is 12.8. The number of carbonyl (C=O) groups is 4. The minimum atomic E-state index is -2.50. The van der Waals surface area contributed by atoms with Crippen LogP contribution in [-0.2, 0) is 46.6 Å². The average molecular weight is 585 g/mol. The summed E-state index contributed by atoms with van der Waals surface area (Å²) in [5.74, 6) is -5.21. The highest BCUT2D eigenvalue weighted by Gasteiger charge is 2.50. The Labute approximate surface area is 245 Å². The predicted octanol–water partition coefficient (Wildman–Crippen LogP) is 4.97. The third-order valence-electron chi connectivity index (χ3n) is 6.34. The van der Waals surface area contributed by atoms with E-state index in [9.17, 15) is 29.3 Å². The molecule has 1 unspecified atom stereocenters. The molecule has 228 valence electrons. The van der Waals surface area contributed by atoms with Crippen molar-refractivity contribution in [1.82, 2.24) is 0 Å². The van der Waals surface area contributed by atoms with E-state index in [-0.39, 0.29) is 25.3 Å². The Balaban J connectivity index is 2.25. The molecule has 0 radical (unpaired) electrons. The first-order valence-electron chi connectivity index (χ1n) is 13.9. The van der Waals surface area contributed by atoms with Crippen LogP contribution in [0.15, 0.2) is 54.6 Å². The number of nitro groups is 1. The second-order valence-electron chi connectivity index (χ2n) is 11.1. The van der Waals surface area contributed by atoms with Gasteiger partial charge in [-0.1, -0.05) is 62.9 Å². The second kappa shape index (κ2) is 15.8. The first kappa shape index (κ1) is 34.1. The highest BCUT2D eigenvalue weighted by Crippen LogP contribution is 2.24. The molecule has 0 aliphatic rings. The molecular weight excluding hydrogens is 544 g/mol. The van der Waals surface area contributed by atoms with Gasteiger partial charge in [-0.25, -0.2) is 9.59 Å². The molecule has 0 heterocycles. The maximum Gasteiger partial charge on any atom is 0.338 e. The van der Waals surface area contributed by atoms with Crippen LogP contribution in [0.3, 0.4) is 0 Å². The third-order valence-corrected chi connectivity index (χ3v) is 6.34. The molecule has 11 heteroatoms. The lowest BCUT2D eigenvalue weighted by Crippen LogP contribution is -2.59. The molecule has 0 fully saturated rings. The topological polar surface area (TPSA) is 165 Å². The Bertz CT molecular complexity index is 1220. The van der Waals surface area contributed by atoms with Crippen LogP contribution in [0.5, 0.6) is 0 Å². The molecule has 0 amide bonds. The molecule has 0 aliphatic heterocycles. The predicted molar refractivity (Wildman–Crippen MR) is 154 cm³/mol. The number of unbranched alkanes of at least 4 members (excludes halogenated alkanes) is 3. The second-order valence-corrected chi connectivity index (χ2v) is 11.1. The van der Waals surface area contributed by atoms with Crippen LogP contribution in [0.4, 0.5) is 5.69 Å². The van der Waals surface area contributed by atoms with E-state index in [1.54, 1.807) is 51.1 Å². The van der Waals surface area contributed by atoms with Gasteiger partial charge in [0.05, 0.1) is 4.92 Å². The van der Waals surface area contributed by atoms with Crippen molar-refractivity contribution in [2.75, 3.05) is 0 Å². The van der Waals surface area contributed by atoms with Crippen molar-refractivity contribution in [1.29, 1.82) is 0 Å². The van der Waals surface area contributed by atoms with Gasteiger partial charge in [-0.05, 0) is 50.5 Å². The molecule has 0 bridgehead atoms. The lowest BCUT2D eigenvalue weighted by Gasteiger charge is -2.30. The third kappa shape index (κ3) is 10.7. The summed E-state index contributed by atoms with van der Waals surface area (Å²) in [5.41, 5.74) is 3.79. The van der Waals surface area contributed by atoms with Gasteiger partial charge in [0.2, 0.25) is 5.54 Å². The fraction of sp³-hybridized carbons (Fsp3) is 0.484. The van der Waals surface area contributed by atoms with Crippen molar-refractivity contribution in [3.05, 3.63) is 75.8 Å². The number of rotatable bonds is 16. The number of ketones is 1. The number of non-ortho nitro benzene ring substituents is 1. The van der Waals surface area contributed by atoms with E-state index in [1.807, 2.05) is 6.92 Å². The van der Waals surface area contributed by atoms with Crippen molar-refractivity contribution in [3.8, 4) is 0 Å². The molecule has 0 spiro atoms. The van der Waals surface area contributed by atoms with Crippen molar-refractivity contribution in [2.24, 2.45) is 11.7 Å². The number of Topliss-reactive ketones (excluding diaryl/α,β-unsaturated/α-hetero) is 1. The number of nitrogens with zero attached hydrogens (tertiary/aromatic N) is 1. The number of benzene rings is 2. The molecule has 2 atom stereocenters. The SMILES string of the molecule is CCCCCCC(C(=O)C[C@](N)(C(=O)OCc1ccccc1)C(=O)OC(C)(C)C)C(=O)OCc1ccc([N+](=O)[O-])cc1. The smallest absolute Gasteiger partial charge is 0.338 e. The molecule has 2 aromatic rings. The van der Waals surface area contributed by atoms with Gasteiger partial charge in [0.25, 0.3) is 5.69 Å². The molecule has 2 rings (SSSR count). The van der Waals surface area contributed by atoms with Gasteiger partial charge < -0.3 is 19.9 Å². The number of hydrogen-bond donors (Lipinski definition) is 1. The minimum Gasteiger partial charge on any atom is -0.460 e. The van der Waals surface area contributed by atoms with Gasteiger partial charge in [-0.2, -0.15) is 0 Å². The summed E-state index contributed by atoms with van der Waals surface area (Å²) in [6, 6.07) is 14.2. The first-order chi connectivity index (χ1) is 19.8. The summed E-state index contributed by atoms with van der Waals surface area (Å²) in [6.45, 7) is 6.38. The van der Waals surface area contributed by atoms with Gasteiger partial charge in [-0.15, -0.1) is 0 Å². The van der Waals surface area contributed by atoms with Gasteiger partial charge in [0.1, 0.15) is 30.5 Å². The zero-order valence-corrected chi connectivity index (χ0v) is 24.6. The number of nitrogens with two attached hydrogens (primary N) is 1. The maximum atomic E-state index is 13.6. The molecular formula is C31H40N2O9. The highest BCUT2D eigenvalue weighted by molar-refractivity contribution is 6.10. The molecule has 0 aromatic heterocycles. The summed E-state index contributed by atoms with van der Waals surface area (Å²) >= 11 is 0. The van der Waals surface area contributed by atoms with Crippen molar-refractivity contribution >= 4 is 29.4 Å². The Morgan fingerprint density at radius 3 is 2.02 bits per heavy atom. The number of carbonyl (C=O) groups excluding carboxylic acids is 4. The van der Waals surface area contributed by atoms with Gasteiger partial charge in [0, 0.05) is 18.6 Å². The quantitative estimate of drug-likeness (QED) is 0.0711. The molecule has 11 nitrogen and oxygen atoms in total. The van der Waals surface area contributed by atoms with Crippen molar-refractivity contribution < 1.29 is 38.3 Å². The lowest BCUT2D eigenvalue weighted by atomic mass is 9.86. The number of ether oxygens (including phenoxy) is 3. The van der Waals surface area contributed by atoms with Crippen LogP contribution >= 0.6 is 0 Å². The van der Waals surface area contributed by atoms with E-state index < -0.39 is 52.1 Å². The van der Waals surface area contributed by atoms with E-state index in [1.165, 1.54) is 24.3 Å². The van der Waals surface area contributed by atoms with Gasteiger partial charge >= 0.3 is 17.9 Å². The summed E-state index contributed by atoms with van der Waals surface area (Å²) in [4.78, 5) is 63.5. The normalized spacial score (nSPS) is 13.4. The molecule has 0 aliphatic carbocycles. The summed E-state index contributed by atoms with van der Waals surface area (Å²) < 4.78 is 16.1. The van der Waals surface area contributed by atoms with Crippen LogP contribution in [0.1, 0.15) is 77.3 Å². The van der Waals surface area contributed by atoms with E-state index in [2.05, 4.69) is 0 Å². The van der Waals surface area contributed by atoms with Crippen molar-refractivity contribution in [2.45, 2.75) is 90.6 Å². The first-order valence-corrected chi connectivity index (χ1v) is 13.9. The molecule has 0 saturated heterocycles. The Hall–Kier alpha value is -4.12. The average Bonchev–Trinajstić information content (AvgIpc) is 2.94. The zero-order chi connectivity index (χ0) is 31.3. The van der Waals surface area contributed by atoms with Crippen molar-refractivity contribution in [3.63, 3.8) is 0 Å². The summed E-state index contributed by atoms with van der Waals surface area (Å²) in [6.07, 6.45) is 2.40. The van der Waals surface area contributed by atoms with Crippen LogP contribution in [-0.4, -0.2) is 39.8 Å². The molecule has 2 aromatic carbocycles. The number of nitro benzene ring substituents is 1. The number of esters is 3. The summed E-state index contributed by atoms with van der Waals surface area (Å²) in [5, 5.41) is 10.9. The Morgan fingerprint density at radius 1 is 0.857 bits per heavy atom. The largest absolute Gasteiger partial charge is 0.460 e. The molecule has 42 heavy (non-hydrogen) atoms. The zero-order valence-electron chi connectivity index (χ0n) is 24.6. The minimum absolute atomic E-state index is 0.116. The van der Waals surface area contributed by atoms with Crippen LogP contribution < -0.4 is 5.73 Å². The van der Waals surface area contributed by atoms with Gasteiger partial charge in [0.15, 0.2) is 0 Å². The molecule has 0 saturated carbocycles. The van der Waals surface area contributed by atoms with E-state index >= 15 is 0 Å². The molecule has 2 N–H and O–H groups in total. The maximum absolute atomic E-state index is 13.6.